The Balaban J connectivity index is 2.48. The second kappa shape index (κ2) is 8.26. The predicted octanol–water partition coefficient (Wildman–Crippen LogP) is 2.03. The quantitative estimate of drug-likeness (QED) is 0.762. The molecule has 0 spiro atoms. The van der Waals surface area contributed by atoms with Gasteiger partial charge in [-0.2, -0.15) is 0 Å². The van der Waals surface area contributed by atoms with Crippen LogP contribution in [-0.4, -0.2) is 50.6 Å². The van der Waals surface area contributed by atoms with E-state index in [1.54, 1.807) is 0 Å². The van der Waals surface area contributed by atoms with Crippen molar-refractivity contribution in [3.63, 3.8) is 0 Å². The summed E-state index contributed by atoms with van der Waals surface area (Å²) in [6, 6.07) is 7.65. The van der Waals surface area contributed by atoms with Crippen molar-refractivity contribution in [2.75, 3.05) is 21.1 Å². The van der Waals surface area contributed by atoms with E-state index in [0.717, 1.165) is 21.3 Å². The van der Waals surface area contributed by atoms with Crippen LogP contribution in [-0.2, 0) is 14.8 Å². The van der Waals surface area contributed by atoms with Gasteiger partial charge in [0.05, 0.1) is 5.02 Å². The summed E-state index contributed by atoms with van der Waals surface area (Å²) in [5.74, 6) is -2.13. The fraction of sp³-hybridized carbons (Fsp3) is 0.222. The first-order chi connectivity index (χ1) is 13.0. The Labute approximate surface area is 167 Å². The molecular weight excluding hydrogens is 409 g/mol. The zero-order chi connectivity index (χ0) is 21.2. The molecule has 2 rings (SSSR count). The number of rotatable bonds is 6. The number of halogens is 2. The number of carbonyl (C=O) groups is 2. The lowest BCUT2D eigenvalue weighted by Crippen LogP contribution is -2.39. The molecule has 0 bridgehead atoms. The number of nitrogens with zero attached hydrogens (tertiary/aromatic N) is 2. The molecule has 0 aromatic heterocycles. The number of likely N-dealkylation sites (N-methyl/N-ethyl adjacent to an activating group) is 1. The van der Waals surface area contributed by atoms with Crippen LogP contribution in [0.3, 0.4) is 0 Å². The first-order valence-electron chi connectivity index (χ1n) is 8.01. The van der Waals surface area contributed by atoms with Crippen LogP contribution in [0.1, 0.15) is 22.0 Å². The van der Waals surface area contributed by atoms with Crippen LogP contribution < -0.4 is 5.73 Å². The highest BCUT2D eigenvalue weighted by Crippen LogP contribution is 2.27. The highest BCUT2D eigenvalue weighted by molar-refractivity contribution is 7.89. The summed E-state index contributed by atoms with van der Waals surface area (Å²) in [5, 5.41) is -0.0514. The van der Waals surface area contributed by atoms with Crippen molar-refractivity contribution < 1.29 is 22.4 Å². The van der Waals surface area contributed by atoms with Crippen LogP contribution in [0.2, 0.25) is 5.02 Å². The lowest BCUT2D eigenvalue weighted by molar-refractivity contribution is -0.122. The summed E-state index contributed by atoms with van der Waals surface area (Å²) in [4.78, 5) is 25.6. The Bertz CT molecular complexity index is 1030. The molecular formula is C18H19ClFN3O4S. The molecule has 0 saturated heterocycles. The maximum Gasteiger partial charge on any atom is 0.254 e. The van der Waals surface area contributed by atoms with Crippen molar-refractivity contribution in [2.45, 2.75) is 10.9 Å². The zero-order valence-corrected chi connectivity index (χ0v) is 17.0. The van der Waals surface area contributed by atoms with E-state index in [1.165, 1.54) is 51.5 Å². The molecule has 0 saturated carbocycles. The average molecular weight is 428 g/mol. The summed E-state index contributed by atoms with van der Waals surface area (Å²) in [7, 11) is 0.0880. The number of hydrogen-bond acceptors (Lipinski definition) is 4. The highest BCUT2D eigenvalue weighted by atomic mass is 35.5. The summed E-state index contributed by atoms with van der Waals surface area (Å²) < 4.78 is 39.3. The van der Waals surface area contributed by atoms with E-state index in [0.29, 0.717) is 0 Å². The molecule has 0 fully saturated rings. The standard InChI is InChI=1S/C18H19ClFN3O4S/c1-22(2)28(26,27)15-10-12(7-8-14(15)19)18(25)23(3)16(17(21)24)11-5-4-6-13(20)9-11/h4-10,16H,1-3H3,(H2,21,24). The largest absolute Gasteiger partial charge is 0.368 e. The monoisotopic (exact) mass is 427 g/mol. The molecule has 10 heteroatoms. The SMILES string of the molecule is CN(C(=O)c1ccc(Cl)c(S(=O)(=O)N(C)C)c1)C(C(N)=O)c1cccc(F)c1. The van der Waals surface area contributed by atoms with Gasteiger partial charge in [0.1, 0.15) is 16.8 Å². The van der Waals surface area contributed by atoms with E-state index in [4.69, 9.17) is 17.3 Å². The van der Waals surface area contributed by atoms with Gasteiger partial charge in [0, 0.05) is 26.7 Å². The van der Waals surface area contributed by atoms with Gasteiger partial charge < -0.3 is 10.6 Å². The molecule has 1 unspecified atom stereocenters. The third-order valence-corrected chi connectivity index (χ3v) is 6.37. The number of nitrogens with two attached hydrogens (primary N) is 1. The third-order valence-electron chi connectivity index (χ3n) is 4.08. The highest BCUT2D eigenvalue weighted by Gasteiger charge is 2.29. The molecule has 0 heterocycles. The van der Waals surface area contributed by atoms with Gasteiger partial charge >= 0.3 is 0 Å². The van der Waals surface area contributed by atoms with E-state index in [2.05, 4.69) is 0 Å². The Morgan fingerprint density at radius 3 is 2.29 bits per heavy atom. The van der Waals surface area contributed by atoms with Crippen molar-refractivity contribution in [1.82, 2.24) is 9.21 Å². The van der Waals surface area contributed by atoms with E-state index < -0.39 is 33.7 Å². The van der Waals surface area contributed by atoms with Gasteiger partial charge in [-0.1, -0.05) is 23.7 Å². The van der Waals surface area contributed by atoms with E-state index in [1.807, 2.05) is 0 Å². The summed E-state index contributed by atoms with van der Waals surface area (Å²) in [6.07, 6.45) is 0. The van der Waals surface area contributed by atoms with E-state index >= 15 is 0 Å². The molecule has 2 N–H and O–H groups in total. The van der Waals surface area contributed by atoms with Crippen LogP contribution >= 0.6 is 11.6 Å². The second-order valence-electron chi connectivity index (χ2n) is 6.21. The average Bonchev–Trinajstić information content (AvgIpc) is 2.61. The number of benzene rings is 2. The number of amides is 2. The zero-order valence-electron chi connectivity index (χ0n) is 15.4. The number of hydrogen-bond donors (Lipinski definition) is 1. The van der Waals surface area contributed by atoms with Gasteiger partial charge in [0.2, 0.25) is 15.9 Å². The first kappa shape index (κ1) is 21.8. The van der Waals surface area contributed by atoms with Crippen molar-refractivity contribution in [2.24, 2.45) is 5.73 Å². The molecule has 2 aromatic rings. The Morgan fingerprint density at radius 1 is 1.11 bits per heavy atom. The molecule has 0 radical (unpaired) electrons. The van der Waals surface area contributed by atoms with E-state index in [9.17, 15) is 22.4 Å². The van der Waals surface area contributed by atoms with Gasteiger partial charge in [-0.15, -0.1) is 0 Å². The number of carbonyl (C=O) groups excluding carboxylic acids is 2. The van der Waals surface area contributed by atoms with Gasteiger partial charge in [0.25, 0.3) is 5.91 Å². The third kappa shape index (κ3) is 4.32. The van der Waals surface area contributed by atoms with Gasteiger partial charge in [-0.3, -0.25) is 9.59 Å². The molecule has 150 valence electrons. The molecule has 7 nitrogen and oxygen atoms in total. The van der Waals surface area contributed by atoms with Crippen LogP contribution in [0, 0.1) is 5.82 Å². The molecule has 0 aliphatic heterocycles. The predicted molar refractivity (Wildman–Crippen MR) is 103 cm³/mol. The summed E-state index contributed by atoms with van der Waals surface area (Å²) in [6.45, 7) is 0. The van der Waals surface area contributed by atoms with Crippen LogP contribution in [0.4, 0.5) is 4.39 Å². The lowest BCUT2D eigenvalue weighted by Gasteiger charge is -2.26. The molecule has 2 amide bonds. The maximum atomic E-state index is 13.5. The smallest absolute Gasteiger partial charge is 0.254 e. The minimum absolute atomic E-state index is 0.0185. The Kier molecular flexibility index (Phi) is 6.43. The van der Waals surface area contributed by atoms with Gasteiger partial charge in [-0.25, -0.2) is 17.1 Å². The molecule has 28 heavy (non-hydrogen) atoms. The van der Waals surface area contributed by atoms with Crippen molar-refractivity contribution in [3.8, 4) is 0 Å². The van der Waals surface area contributed by atoms with Crippen LogP contribution in [0.5, 0.6) is 0 Å². The second-order valence-corrected chi connectivity index (χ2v) is 8.74. The van der Waals surface area contributed by atoms with Gasteiger partial charge in [0.15, 0.2) is 0 Å². The molecule has 0 aliphatic carbocycles. The first-order valence-corrected chi connectivity index (χ1v) is 9.82. The summed E-state index contributed by atoms with van der Waals surface area (Å²) in [5.41, 5.74) is 5.59. The van der Waals surface area contributed by atoms with E-state index in [-0.39, 0.29) is 21.0 Å². The maximum absolute atomic E-state index is 13.5. The minimum atomic E-state index is -3.89. The Morgan fingerprint density at radius 2 is 1.75 bits per heavy atom. The number of sulfonamides is 1. The Hall–Kier alpha value is -2.49. The molecule has 2 aromatic carbocycles. The van der Waals surface area contributed by atoms with Crippen LogP contribution in [0.25, 0.3) is 0 Å². The van der Waals surface area contributed by atoms with Gasteiger partial charge in [-0.05, 0) is 35.9 Å². The fourth-order valence-electron chi connectivity index (χ4n) is 2.61. The van der Waals surface area contributed by atoms with Crippen LogP contribution in [0.15, 0.2) is 47.4 Å². The van der Waals surface area contributed by atoms with Crippen molar-refractivity contribution in [1.29, 1.82) is 0 Å². The normalized spacial score (nSPS) is 12.6. The lowest BCUT2D eigenvalue weighted by atomic mass is 10.0. The summed E-state index contributed by atoms with van der Waals surface area (Å²) >= 11 is 5.99. The molecule has 1 atom stereocenters. The van der Waals surface area contributed by atoms with Crippen molar-refractivity contribution in [3.05, 3.63) is 64.4 Å². The molecule has 0 aliphatic rings. The minimum Gasteiger partial charge on any atom is -0.368 e. The van der Waals surface area contributed by atoms with Crippen molar-refractivity contribution >= 4 is 33.4 Å². The number of primary amides is 1. The fourth-order valence-corrected chi connectivity index (χ4v) is 4.00. The topological polar surface area (TPSA) is 101 Å².